The van der Waals surface area contributed by atoms with Crippen LogP contribution in [0.5, 0.6) is 0 Å². The molecule has 1 saturated heterocycles. The molecular weight excluding hydrogens is 398 g/mol. The minimum absolute atomic E-state index is 0.215. The first-order valence-corrected chi connectivity index (χ1v) is 10.4. The van der Waals surface area contributed by atoms with Gasteiger partial charge in [-0.05, 0) is 49.4 Å². The lowest BCUT2D eigenvalue weighted by molar-refractivity contribution is -0.150. The topological polar surface area (TPSA) is 76.8 Å². The second-order valence-corrected chi connectivity index (χ2v) is 8.12. The summed E-state index contributed by atoms with van der Waals surface area (Å²) in [5, 5.41) is 0.177. The molecule has 0 spiro atoms. The van der Waals surface area contributed by atoms with Gasteiger partial charge in [0.2, 0.25) is 0 Å². The van der Waals surface area contributed by atoms with Gasteiger partial charge in [-0.3, -0.25) is 19.3 Å². The highest BCUT2D eigenvalue weighted by Crippen LogP contribution is 2.34. The molecule has 0 unspecified atom stereocenters. The molecule has 0 radical (unpaired) electrons. The molecule has 28 heavy (non-hydrogen) atoms. The molecule has 1 aliphatic rings. The molecule has 0 bridgehead atoms. The van der Waals surface area contributed by atoms with Crippen LogP contribution in [-0.4, -0.2) is 34.7 Å². The Morgan fingerprint density at radius 2 is 2.00 bits per heavy atom. The van der Waals surface area contributed by atoms with Crippen LogP contribution in [0.4, 0.5) is 4.79 Å². The highest BCUT2D eigenvalue weighted by atomic mass is 32.2. The SMILES string of the molecule is CC[C@@H](C)OC(=O)CN1C(=O)S/C(=C\c2ccc(Sc3ccccc3)o2)C1=O. The Kier molecular flexibility index (Phi) is 6.64. The lowest BCUT2D eigenvalue weighted by Gasteiger charge is -2.14. The van der Waals surface area contributed by atoms with Crippen molar-refractivity contribution in [2.75, 3.05) is 6.54 Å². The van der Waals surface area contributed by atoms with Crippen molar-refractivity contribution in [2.24, 2.45) is 0 Å². The highest BCUT2D eigenvalue weighted by molar-refractivity contribution is 8.18. The van der Waals surface area contributed by atoms with Crippen LogP contribution in [0.1, 0.15) is 26.0 Å². The molecule has 3 rings (SSSR count). The molecule has 0 N–H and O–H groups in total. The maximum atomic E-state index is 12.5. The average Bonchev–Trinajstić information content (AvgIpc) is 3.22. The van der Waals surface area contributed by atoms with Crippen LogP contribution < -0.4 is 0 Å². The van der Waals surface area contributed by atoms with E-state index in [0.29, 0.717) is 17.3 Å². The Labute approximate surface area is 171 Å². The van der Waals surface area contributed by atoms with Gasteiger partial charge in [0.1, 0.15) is 12.3 Å². The molecular formula is C20H19NO5S2. The summed E-state index contributed by atoms with van der Waals surface area (Å²) in [5.74, 6) is -0.659. The fourth-order valence-corrected chi connectivity index (χ4v) is 3.93. The first kappa shape index (κ1) is 20.3. The maximum absolute atomic E-state index is 12.5. The van der Waals surface area contributed by atoms with Gasteiger partial charge in [-0.2, -0.15) is 0 Å². The van der Waals surface area contributed by atoms with Gasteiger partial charge in [-0.25, -0.2) is 0 Å². The van der Waals surface area contributed by atoms with Gasteiger partial charge in [0, 0.05) is 11.0 Å². The molecule has 1 aromatic heterocycles. The summed E-state index contributed by atoms with van der Waals surface area (Å²) in [7, 11) is 0. The minimum Gasteiger partial charge on any atom is -0.461 e. The summed E-state index contributed by atoms with van der Waals surface area (Å²) < 4.78 is 10.9. The molecule has 0 aliphatic carbocycles. The number of rotatable bonds is 7. The van der Waals surface area contributed by atoms with Crippen LogP contribution in [-0.2, 0) is 14.3 Å². The lowest BCUT2D eigenvalue weighted by atomic mass is 10.3. The van der Waals surface area contributed by atoms with E-state index < -0.39 is 17.1 Å². The minimum atomic E-state index is -0.600. The van der Waals surface area contributed by atoms with Crippen molar-refractivity contribution >= 4 is 46.7 Å². The normalized spacial score (nSPS) is 16.6. The molecule has 2 heterocycles. The third-order valence-corrected chi connectivity index (χ3v) is 5.74. The molecule has 1 fully saturated rings. The summed E-state index contributed by atoms with van der Waals surface area (Å²) in [6, 6.07) is 13.3. The van der Waals surface area contributed by atoms with E-state index in [9.17, 15) is 14.4 Å². The van der Waals surface area contributed by atoms with Gasteiger partial charge >= 0.3 is 5.97 Å². The third-order valence-electron chi connectivity index (χ3n) is 3.91. The Morgan fingerprint density at radius 3 is 2.71 bits per heavy atom. The van der Waals surface area contributed by atoms with E-state index in [0.717, 1.165) is 21.6 Å². The van der Waals surface area contributed by atoms with E-state index in [4.69, 9.17) is 9.15 Å². The van der Waals surface area contributed by atoms with Gasteiger partial charge in [-0.15, -0.1) is 0 Å². The van der Waals surface area contributed by atoms with Gasteiger partial charge in [-0.1, -0.05) is 36.9 Å². The molecule has 1 aliphatic heterocycles. The molecule has 2 amide bonds. The van der Waals surface area contributed by atoms with Gasteiger partial charge in [0.25, 0.3) is 11.1 Å². The van der Waals surface area contributed by atoms with Crippen LogP contribution in [0, 0.1) is 0 Å². The molecule has 6 nitrogen and oxygen atoms in total. The Balaban J connectivity index is 1.66. The number of ether oxygens (including phenoxy) is 1. The summed E-state index contributed by atoms with van der Waals surface area (Å²) in [5.41, 5.74) is 0. The Bertz CT molecular complexity index is 906. The summed E-state index contributed by atoms with van der Waals surface area (Å²) in [6.45, 7) is 3.25. The predicted molar refractivity (Wildman–Crippen MR) is 108 cm³/mol. The largest absolute Gasteiger partial charge is 0.461 e. The van der Waals surface area contributed by atoms with Crippen molar-refractivity contribution in [1.29, 1.82) is 0 Å². The number of imide groups is 1. The molecule has 1 aromatic carbocycles. The fraction of sp³-hybridized carbons (Fsp3) is 0.250. The summed E-state index contributed by atoms with van der Waals surface area (Å²) in [6.07, 6.45) is 1.92. The number of nitrogens with zero attached hydrogens (tertiary/aromatic N) is 1. The number of hydrogen-bond acceptors (Lipinski definition) is 7. The monoisotopic (exact) mass is 417 g/mol. The quantitative estimate of drug-likeness (QED) is 0.473. The van der Waals surface area contributed by atoms with E-state index in [2.05, 4.69) is 0 Å². The molecule has 146 valence electrons. The number of esters is 1. The number of furan rings is 1. The zero-order chi connectivity index (χ0) is 20.1. The van der Waals surface area contributed by atoms with E-state index in [-0.39, 0.29) is 17.6 Å². The summed E-state index contributed by atoms with van der Waals surface area (Å²) >= 11 is 2.24. The van der Waals surface area contributed by atoms with E-state index in [1.54, 1.807) is 19.1 Å². The first-order valence-electron chi connectivity index (χ1n) is 8.74. The Morgan fingerprint density at radius 1 is 1.25 bits per heavy atom. The summed E-state index contributed by atoms with van der Waals surface area (Å²) in [4.78, 5) is 38.6. The Hall–Kier alpha value is -2.45. The number of carbonyl (C=O) groups is 3. The maximum Gasteiger partial charge on any atom is 0.326 e. The van der Waals surface area contributed by atoms with Crippen molar-refractivity contribution in [3.63, 3.8) is 0 Å². The van der Waals surface area contributed by atoms with Crippen molar-refractivity contribution in [1.82, 2.24) is 4.90 Å². The smallest absolute Gasteiger partial charge is 0.326 e. The van der Waals surface area contributed by atoms with Crippen LogP contribution >= 0.6 is 23.5 Å². The molecule has 8 heteroatoms. The number of carbonyl (C=O) groups excluding carboxylic acids is 3. The lowest BCUT2D eigenvalue weighted by Crippen LogP contribution is -2.35. The van der Waals surface area contributed by atoms with Crippen LogP contribution in [0.15, 0.2) is 61.8 Å². The second kappa shape index (κ2) is 9.16. The van der Waals surface area contributed by atoms with Gasteiger partial charge < -0.3 is 9.15 Å². The third kappa shape index (κ3) is 5.08. The first-order chi connectivity index (χ1) is 13.5. The molecule has 0 saturated carbocycles. The van der Waals surface area contributed by atoms with E-state index >= 15 is 0 Å². The van der Waals surface area contributed by atoms with Gasteiger partial charge in [0.05, 0.1) is 11.0 Å². The van der Waals surface area contributed by atoms with Crippen molar-refractivity contribution in [3.05, 3.63) is 53.1 Å². The van der Waals surface area contributed by atoms with Crippen molar-refractivity contribution in [2.45, 2.75) is 36.4 Å². The van der Waals surface area contributed by atoms with E-state index in [1.807, 2.05) is 37.3 Å². The van der Waals surface area contributed by atoms with E-state index in [1.165, 1.54) is 17.8 Å². The fourth-order valence-electron chi connectivity index (χ4n) is 2.31. The van der Waals surface area contributed by atoms with Crippen molar-refractivity contribution < 1.29 is 23.5 Å². The number of hydrogen-bond donors (Lipinski definition) is 0. The van der Waals surface area contributed by atoms with Gasteiger partial charge in [0.15, 0.2) is 5.09 Å². The predicted octanol–water partition coefficient (Wildman–Crippen LogP) is 4.81. The molecule has 2 aromatic rings. The number of benzene rings is 1. The number of amides is 2. The number of thioether (sulfide) groups is 1. The zero-order valence-electron chi connectivity index (χ0n) is 15.4. The van der Waals surface area contributed by atoms with Crippen LogP contribution in [0.2, 0.25) is 0 Å². The van der Waals surface area contributed by atoms with Crippen LogP contribution in [0.25, 0.3) is 6.08 Å². The highest BCUT2D eigenvalue weighted by Gasteiger charge is 2.37. The standard InChI is InChI=1S/C20H19NO5S2/c1-3-13(2)25-17(22)12-21-19(23)16(28-20(21)24)11-14-9-10-18(26-14)27-15-7-5-4-6-8-15/h4-11,13H,3,12H2,1-2H3/b16-11-/t13-/m1/s1. The van der Waals surface area contributed by atoms with Crippen molar-refractivity contribution in [3.8, 4) is 0 Å². The molecule has 1 atom stereocenters. The zero-order valence-corrected chi connectivity index (χ0v) is 17.0. The van der Waals surface area contributed by atoms with Crippen LogP contribution in [0.3, 0.4) is 0 Å². The second-order valence-electron chi connectivity index (χ2n) is 6.05. The average molecular weight is 418 g/mol.